The number of nitriles is 1. The molecule has 0 aromatic rings. The van der Waals surface area contributed by atoms with Gasteiger partial charge in [0.15, 0.2) is 0 Å². The zero-order valence-electron chi connectivity index (χ0n) is 8.81. The molecule has 2 rings (SSSR count). The van der Waals surface area contributed by atoms with Crippen LogP contribution in [0, 0.1) is 16.7 Å². The molecule has 1 aliphatic heterocycles. The number of nitrogens with zero attached hydrogens (tertiary/aromatic N) is 1. The second-order valence-electron chi connectivity index (χ2n) is 5.05. The predicted molar refractivity (Wildman–Crippen MR) is 53.7 cm³/mol. The van der Waals surface area contributed by atoms with Crippen molar-refractivity contribution in [3.63, 3.8) is 0 Å². The van der Waals surface area contributed by atoms with Crippen molar-refractivity contribution < 1.29 is 4.74 Å². The Labute approximate surface area is 85.4 Å². The molecule has 0 aromatic heterocycles. The van der Waals surface area contributed by atoms with Gasteiger partial charge in [-0.05, 0) is 31.6 Å². The van der Waals surface area contributed by atoms with Crippen LogP contribution in [0.4, 0.5) is 0 Å². The van der Waals surface area contributed by atoms with Gasteiger partial charge in [-0.2, -0.15) is 5.26 Å². The standard InChI is InChI=1S/C11H18N2O/c1-10(5-7-14-9-10)13-8-11(2-3-11)4-6-12/h13H,2-5,7-9H2,1H3. The van der Waals surface area contributed by atoms with Gasteiger partial charge in [-0.3, -0.25) is 0 Å². The lowest BCUT2D eigenvalue weighted by Crippen LogP contribution is -2.45. The molecule has 3 heteroatoms. The normalized spacial score (nSPS) is 34.0. The van der Waals surface area contributed by atoms with Gasteiger partial charge >= 0.3 is 0 Å². The molecule has 1 saturated carbocycles. The molecule has 0 aromatic carbocycles. The first-order valence-corrected chi connectivity index (χ1v) is 5.38. The summed E-state index contributed by atoms with van der Waals surface area (Å²) in [4.78, 5) is 0. The molecule has 2 fully saturated rings. The van der Waals surface area contributed by atoms with E-state index in [1.165, 1.54) is 12.8 Å². The van der Waals surface area contributed by atoms with E-state index in [0.29, 0.717) is 11.8 Å². The van der Waals surface area contributed by atoms with Gasteiger partial charge in [0, 0.05) is 25.1 Å². The molecule has 0 spiro atoms. The Morgan fingerprint density at radius 2 is 2.21 bits per heavy atom. The fourth-order valence-electron chi connectivity index (χ4n) is 1.97. The summed E-state index contributed by atoms with van der Waals surface area (Å²) in [6.45, 7) is 4.88. The van der Waals surface area contributed by atoms with E-state index in [9.17, 15) is 0 Å². The molecule has 0 amide bonds. The van der Waals surface area contributed by atoms with Crippen LogP contribution >= 0.6 is 0 Å². The minimum Gasteiger partial charge on any atom is -0.379 e. The summed E-state index contributed by atoms with van der Waals surface area (Å²) in [5, 5.41) is 12.3. The highest BCUT2D eigenvalue weighted by Gasteiger charge is 2.43. The van der Waals surface area contributed by atoms with Crippen molar-refractivity contribution in [2.45, 2.75) is 38.1 Å². The highest BCUT2D eigenvalue weighted by Crippen LogP contribution is 2.48. The van der Waals surface area contributed by atoms with Gasteiger partial charge in [0.2, 0.25) is 0 Å². The van der Waals surface area contributed by atoms with E-state index in [1.807, 2.05) is 0 Å². The van der Waals surface area contributed by atoms with Crippen molar-refractivity contribution in [2.24, 2.45) is 5.41 Å². The summed E-state index contributed by atoms with van der Waals surface area (Å²) in [7, 11) is 0. The maximum atomic E-state index is 8.70. The first-order chi connectivity index (χ1) is 6.68. The second kappa shape index (κ2) is 3.52. The molecule has 1 N–H and O–H groups in total. The summed E-state index contributed by atoms with van der Waals surface area (Å²) >= 11 is 0. The Balaban J connectivity index is 1.79. The molecule has 0 bridgehead atoms. The van der Waals surface area contributed by atoms with Gasteiger partial charge in [-0.25, -0.2) is 0 Å². The van der Waals surface area contributed by atoms with Crippen molar-refractivity contribution in [3.8, 4) is 6.07 Å². The van der Waals surface area contributed by atoms with E-state index in [4.69, 9.17) is 10.00 Å². The number of nitrogens with one attached hydrogen (secondary N) is 1. The summed E-state index contributed by atoms with van der Waals surface area (Å²) < 4.78 is 5.38. The molecule has 14 heavy (non-hydrogen) atoms. The highest BCUT2D eigenvalue weighted by molar-refractivity contribution is 5.02. The Bertz CT molecular complexity index is 247. The molecule has 1 unspecified atom stereocenters. The first kappa shape index (κ1) is 9.95. The molecule has 2 aliphatic rings. The number of hydrogen-bond acceptors (Lipinski definition) is 3. The van der Waals surface area contributed by atoms with Crippen molar-refractivity contribution in [3.05, 3.63) is 0 Å². The Morgan fingerprint density at radius 1 is 1.43 bits per heavy atom. The summed E-state index contributed by atoms with van der Waals surface area (Å²) in [6, 6.07) is 2.29. The maximum absolute atomic E-state index is 8.70. The Kier molecular flexibility index (Phi) is 2.50. The molecule has 1 aliphatic carbocycles. The highest BCUT2D eigenvalue weighted by atomic mass is 16.5. The van der Waals surface area contributed by atoms with Crippen molar-refractivity contribution >= 4 is 0 Å². The molecule has 3 nitrogen and oxygen atoms in total. The third-order valence-corrected chi connectivity index (χ3v) is 3.52. The van der Waals surface area contributed by atoms with Crippen LogP contribution < -0.4 is 5.32 Å². The van der Waals surface area contributed by atoms with Gasteiger partial charge in [-0.1, -0.05) is 0 Å². The van der Waals surface area contributed by atoms with Crippen LogP contribution in [0.25, 0.3) is 0 Å². The van der Waals surface area contributed by atoms with E-state index in [-0.39, 0.29) is 5.54 Å². The lowest BCUT2D eigenvalue weighted by molar-refractivity contribution is 0.169. The molecule has 1 atom stereocenters. The first-order valence-electron chi connectivity index (χ1n) is 5.38. The average Bonchev–Trinajstić information content (AvgIpc) is 2.80. The molecular formula is C11H18N2O. The zero-order chi connectivity index (χ0) is 10.1. The second-order valence-corrected chi connectivity index (χ2v) is 5.05. The fraction of sp³-hybridized carbons (Fsp3) is 0.909. The van der Waals surface area contributed by atoms with Crippen LogP contribution in [0.1, 0.15) is 32.6 Å². The van der Waals surface area contributed by atoms with Crippen molar-refractivity contribution in [1.29, 1.82) is 5.26 Å². The van der Waals surface area contributed by atoms with Gasteiger partial charge in [0.1, 0.15) is 0 Å². The number of ether oxygens (including phenoxy) is 1. The van der Waals surface area contributed by atoms with Crippen LogP contribution in [0.3, 0.4) is 0 Å². The van der Waals surface area contributed by atoms with Crippen LogP contribution in [0.15, 0.2) is 0 Å². The van der Waals surface area contributed by atoms with Crippen LogP contribution in [0.2, 0.25) is 0 Å². The SMILES string of the molecule is CC1(NCC2(CC#N)CC2)CCOC1. The third-order valence-electron chi connectivity index (χ3n) is 3.52. The molecular weight excluding hydrogens is 176 g/mol. The van der Waals surface area contributed by atoms with Gasteiger partial charge in [-0.15, -0.1) is 0 Å². The number of hydrogen-bond donors (Lipinski definition) is 1. The van der Waals surface area contributed by atoms with E-state index < -0.39 is 0 Å². The molecule has 1 saturated heterocycles. The molecule has 0 radical (unpaired) electrons. The molecule has 78 valence electrons. The van der Waals surface area contributed by atoms with Crippen LogP contribution in [0.5, 0.6) is 0 Å². The smallest absolute Gasteiger partial charge is 0.0646 e. The largest absolute Gasteiger partial charge is 0.379 e. The lowest BCUT2D eigenvalue weighted by atomic mass is 9.98. The van der Waals surface area contributed by atoms with Gasteiger partial charge in [0.25, 0.3) is 0 Å². The lowest BCUT2D eigenvalue weighted by Gasteiger charge is -2.26. The fourth-order valence-corrected chi connectivity index (χ4v) is 1.97. The third kappa shape index (κ3) is 2.08. The van der Waals surface area contributed by atoms with Gasteiger partial charge < -0.3 is 10.1 Å². The minimum atomic E-state index is 0.158. The van der Waals surface area contributed by atoms with E-state index in [1.54, 1.807) is 0 Å². The predicted octanol–water partition coefficient (Wildman–Crippen LogP) is 1.45. The topological polar surface area (TPSA) is 45.0 Å². The Hall–Kier alpha value is -0.590. The van der Waals surface area contributed by atoms with E-state index >= 15 is 0 Å². The van der Waals surface area contributed by atoms with Crippen molar-refractivity contribution in [1.82, 2.24) is 5.32 Å². The Morgan fingerprint density at radius 3 is 2.71 bits per heavy atom. The summed E-state index contributed by atoms with van der Waals surface area (Å²) in [6.07, 6.45) is 4.22. The monoisotopic (exact) mass is 194 g/mol. The average molecular weight is 194 g/mol. The van der Waals surface area contributed by atoms with Crippen LogP contribution in [-0.4, -0.2) is 25.3 Å². The summed E-state index contributed by atoms with van der Waals surface area (Å²) in [5.41, 5.74) is 0.464. The van der Waals surface area contributed by atoms with E-state index in [2.05, 4.69) is 18.3 Å². The number of rotatable bonds is 4. The minimum absolute atomic E-state index is 0.158. The summed E-state index contributed by atoms with van der Waals surface area (Å²) in [5.74, 6) is 0. The van der Waals surface area contributed by atoms with E-state index in [0.717, 1.165) is 26.2 Å². The maximum Gasteiger partial charge on any atom is 0.0646 e. The van der Waals surface area contributed by atoms with Crippen LogP contribution in [-0.2, 0) is 4.74 Å². The zero-order valence-corrected chi connectivity index (χ0v) is 8.81. The van der Waals surface area contributed by atoms with Crippen molar-refractivity contribution in [2.75, 3.05) is 19.8 Å². The molecule has 1 heterocycles. The van der Waals surface area contributed by atoms with Gasteiger partial charge in [0.05, 0.1) is 12.7 Å². The quantitative estimate of drug-likeness (QED) is 0.736.